The first-order chi connectivity index (χ1) is 9.11. The molecule has 5 heteroatoms. The van der Waals surface area contributed by atoms with Crippen molar-refractivity contribution >= 4 is 11.6 Å². The molecule has 0 saturated heterocycles. The molecule has 0 radical (unpaired) electrons. The summed E-state index contributed by atoms with van der Waals surface area (Å²) >= 11 is 5.82. The van der Waals surface area contributed by atoms with Crippen molar-refractivity contribution in [3.05, 3.63) is 52.8 Å². The van der Waals surface area contributed by atoms with Gasteiger partial charge in [0.25, 0.3) is 0 Å². The smallest absolute Gasteiger partial charge is 0.141 e. The number of halogens is 2. The largest absolute Gasteiger partial charge is 0.336 e. The second-order valence-corrected chi connectivity index (χ2v) is 4.90. The van der Waals surface area contributed by atoms with Crippen LogP contribution in [-0.2, 0) is 13.5 Å². The number of rotatable bonds is 5. The van der Waals surface area contributed by atoms with E-state index >= 15 is 0 Å². The number of imidazole rings is 1. The van der Waals surface area contributed by atoms with E-state index < -0.39 is 0 Å². The minimum Gasteiger partial charge on any atom is -0.336 e. The number of nitrogens with one attached hydrogen (secondary N) is 1. The monoisotopic (exact) mass is 281 g/mol. The van der Waals surface area contributed by atoms with E-state index in [1.807, 2.05) is 17.8 Å². The summed E-state index contributed by atoms with van der Waals surface area (Å²) in [6, 6.07) is 4.99. The SMILES string of the molecule is CCNC(Cc1ccc(F)c(Cl)c1)c1cncn1C. The molecule has 0 fully saturated rings. The van der Waals surface area contributed by atoms with Gasteiger partial charge in [-0.25, -0.2) is 9.37 Å². The maximum Gasteiger partial charge on any atom is 0.141 e. The van der Waals surface area contributed by atoms with Crippen LogP contribution < -0.4 is 5.32 Å². The topological polar surface area (TPSA) is 29.9 Å². The number of hydrogen-bond acceptors (Lipinski definition) is 2. The summed E-state index contributed by atoms with van der Waals surface area (Å²) in [5.74, 6) is -0.383. The molecular formula is C14H17ClFN3. The number of likely N-dealkylation sites (N-methyl/N-ethyl adjacent to an activating group) is 1. The summed E-state index contributed by atoms with van der Waals surface area (Å²) in [7, 11) is 1.96. The summed E-state index contributed by atoms with van der Waals surface area (Å²) in [4.78, 5) is 4.14. The van der Waals surface area contributed by atoms with Crippen molar-refractivity contribution in [2.75, 3.05) is 6.54 Å². The van der Waals surface area contributed by atoms with Gasteiger partial charge in [-0.1, -0.05) is 24.6 Å². The fourth-order valence-corrected chi connectivity index (χ4v) is 2.34. The number of aryl methyl sites for hydroxylation is 1. The van der Waals surface area contributed by atoms with Gasteiger partial charge in [0.15, 0.2) is 0 Å². The number of benzene rings is 1. The van der Waals surface area contributed by atoms with Crippen LogP contribution in [0.4, 0.5) is 4.39 Å². The van der Waals surface area contributed by atoms with Crippen LogP contribution in [0.3, 0.4) is 0 Å². The second kappa shape index (κ2) is 6.17. The normalized spacial score (nSPS) is 12.6. The third kappa shape index (κ3) is 3.33. The van der Waals surface area contributed by atoms with E-state index in [0.29, 0.717) is 0 Å². The van der Waals surface area contributed by atoms with E-state index in [0.717, 1.165) is 24.2 Å². The number of nitrogens with zero attached hydrogens (tertiary/aromatic N) is 2. The van der Waals surface area contributed by atoms with Gasteiger partial charge in [0, 0.05) is 13.2 Å². The molecule has 0 amide bonds. The lowest BCUT2D eigenvalue weighted by Crippen LogP contribution is -2.24. The Morgan fingerprint density at radius 1 is 1.47 bits per heavy atom. The minimum atomic E-state index is -0.383. The average molecular weight is 282 g/mol. The first-order valence-electron chi connectivity index (χ1n) is 6.25. The highest BCUT2D eigenvalue weighted by Gasteiger charge is 2.15. The Hall–Kier alpha value is -1.39. The van der Waals surface area contributed by atoms with Crippen LogP contribution in [0, 0.1) is 5.82 Å². The Labute approximate surface area is 117 Å². The van der Waals surface area contributed by atoms with Crippen LogP contribution in [-0.4, -0.2) is 16.1 Å². The average Bonchev–Trinajstić information content (AvgIpc) is 2.79. The Balaban J connectivity index is 2.21. The third-order valence-corrected chi connectivity index (χ3v) is 3.37. The van der Waals surface area contributed by atoms with Crippen LogP contribution in [0.5, 0.6) is 0 Å². The Bertz CT molecular complexity index is 553. The third-order valence-electron chi connectivity index (χ3n) is 3.09. The Morgan fingerprint density at radius 2 is 2.26 bits per heavy atom. The van der Waals surface area contributed by atoms with Crippen molar-refractivity contribution in [3.63, 3.8) is 0 Å². The van der Waals surface area contributed by atoms with Gasteiger partial charge in [-0.05, 0) is 30.7 Å². The molecule has 0 aliphatic heterocycles. The molecule has 2 aromatic rings. The highest BCUT2D eigenvalue weighted by Crippen LogP contribution is 2.21. The van der Waals surface area contributed by atoms with Gasteiger partial charge >= 0.3 is 0 Å². The summed E-state index contributed by atoms with van der Waals surface area (Å²) in [5, 5.41) is 3.58. The van der Waals surface area contributed by atoms with Gasteiger partial charge in [0.05, 0.1) is 23.1 Å². The fraction of sp³-hybridized carbons (Fsp3) is 0.357. The summed E-state index contributed by atoms with van der Waals surface area (Å²) < 4.78 is 15.1. The molecule has 0 saturated carbocycles. The predicted octanol–water partition coefficient (Wildman–Crippen LogP) is 3.11. The zero-order chi connectivity index (χ0) is 13.8. The lowest BCUT2D eigenvalue weighted by molar-refractivity contribution is 0.520. The molecule has 0 spiro atoms. The first-order valence-corrected chi connectivity index (χ1v) is 6.63. The van der Waals surface area contributed by atoms with Crippen molar-refractivity contribution in [1.29, 1.82) is 0 Å². The van der Waals surface area contributed by atoms with Crippen LogP contribution >= 0.6 is 11.6 Å². The van der Waals surface area contributed by atoms with Crippen molar-refractivity contribution in [2.45, 2.75) is 19.4 Å². The van der Waals surface area contributed by atoms with Crippen molar-refractivity contribution in [3.8, 4) is 0 Å². The van der Waals surface area contributed by atoms with E-state index in [2.05, 4.69) is 17.2 Å². The molecule has 102 valence electrons. The fourth-order valence-electron chi connectivity index (χ4n) is 2.13. The molecule has 3 nitrogen and oxygen atoms in total. The van der Waals surface area contributed by atoms with E-state index in [4.69, 9.17) is 11.6 Å². The van der Waals surface area contributed by atoms with Gasteiger partial charge in [-0.3, -0.25) is 0 Å². The molecule has 1 unspecified atom stereocenters. The van der Waals surface area contributed by atoms with E-state index in [9.17, 15) is 4.39 Å². The van der Waals surface area contributed by atoms with E-state index in [-0.39, 0.29) is 16.9 Å². The van der Waals surface area contributed by atoms with Crippen LogP contribution in [0.15, 0.2) is 30.7 Å². The Kier molecular flexibility index (Phi) is 4.56. The van der Waals surface area contributed by atoms with E-state index in [1.54, 1.807) is 18.5 Å². The highest BCUT2D eigenvalue weighted by atomic mass is 35.5. The maximum atomic E-state index is 13.2. The highest BCUT2D eigenvalue weighted by molar-refractivity contribution is 6.30. The first kappa shape index (κ1) is 14.0. The zero-order valence-corrected chi connectivity index (χ0v) is 11.8. The molecule has 1 aromatic heterocycles. The van der Waals surface area contributed by atoms with Crippen LogP contribution in [0.25, 0.3) is 0 Å². The standard InChI is InChI=1S/C14H17ClFN3/c1-3-18-13(14-8-17-9-19(14)2)7-10-4-5-12(16)11(15)6-10/h4-6,8-9,13,18H,3,7H2,1-2H3. The molecular weight excluding hydrogens is 265 g/mol. The molecule has 1 atom stereocenters. The van der Waals surface area contributed by atoms with Crippen LogP contribution in [0.2, 0.25) is 5.02 Å². The minimum absolute atomic E-state index is 0.138. The molecule has 0 aliphatic rings. The number of hydrogen-bond donors (Lipinski definition) is 1. The van der Waals surface area contributed by atoms with E-state index in [1.165, 1.54) is 6.07 Å². The quantitative estimate of drug-likeness (QED) is 0.913. The lowest BCUT2D eigenvalue weighted by Gasteiger charge is -2.18. The maximum absolute atomic E-state index is 13.2. The van der Waals surface area contributed by atoms with Crippen molar-refractivity contribution in [2.24, 2.45) is 7.05 Å². The van der Waals surface area contributed by atoms with Crippen LogP contribution in [0.1, 0.15) is 24.2 Å². The summed E-state index contributed by atoms with van der Waals surface area (Å²) in [5.41, 5.74) is 2.10. The van der Waals surface area contributed by atoms with Gasteiger partial charge in [-0.15, -0.1) is 0 Å². The zero-order valence-electron chi connectivity index (χ0n) is 11.0. The van der Waals surface area contributed by atoms with Gasteiger partial charge in [0.2, 0.25) is 0 Å². The summed E-state index contributed by atoms with van der Waals surface area (Å²) in [6.07, 6.45) is 4.36. The molecule has 2 rings (SSSR count). The Morgan fingerprint density at radius 3 is 2.84 bits per heavy atom. The predicted molar refractivity (Wildman–Crippen MR) is 74.7 cm³/mol. The summed E-state index contributed by atoms with van der Waals surface area (Å²) in [6.45, 7) is 2.91. The van der Waals surface area contributed by atoms with Crippen molar-refractivity contribution in [1.82, 2.24) is 14.9 Å². The van der Waals surface area contributed by atoms with Gasteiger partial charge < -0.3 is 9.88 Å². The lowest BCUT2D eigenvalue weighted by atomic mass is 10.0. The molecule has 19 heavy (non-hydrogen) atoms. The molecule has 1 aromatic carbocycles. The number of aromatic nitrogens is 2. The van der Waals surface area contributed by atoms with Gasteiger partial charge in [-0.2, -0.15) is 0 Å². The molecule has 1 heterocycles. The van der Waals surface area contributed by atoms with Gasteiger partial charge in [0.1, 0.15) is 5.82 Å². The molecule has 1 N–H and O–H groups in total. The molecule has 0 bridgehead atoms. The molecule has 0 aliphatic carbocycles. The second-order valence-electron chi connectivity index (χ2n) is 4.49. The van der Waals surface area contributed by atoms with Crippen molar-refractivity contribution < 1.29 is 4.39 Å².